The number of aromatic nitrogens is 2. The number of carbonyl (C=O) groups is 1. The zero-order valence-corrected chi connectivity index (χ0v) is 20.5. The van der Waals surface area contributed by atoms with Gasteiger partial charge in [0.25, 0.3) is 0 Å². The highest BCUT2D eigenvalue weighted by molar-refractivity contribution is 5.83. The van der Waals surface area contributed by atoms with E-state index in [-0.39, 0.29) is 12.5 Å². The van der Waals surface area contributed by atoms with Gasteiger partial charge in [-0.15, -0.1) is 0 Å². The lowest BCUT2D eigenvalue weighted by molar-refractivity contribution is -0.155. The lowest BCUT2D eigenvalue weighted by Crippen LogP contribution is -2.35. The molecule has 4 aromatic rings. The number of esters is 1. The fourth-order valence-corrected chi connectivity index (χ4v) is 5.28. The van der Waals surface area contributed by atoms with Gasteiger partial charge >= 0.3 is 5.97 Å². The molecule has 2 aromatic carbocycles. The summed E-state index contributed by atoms with van der Waals surface area (Å²) in [5.74, 6) is 0.493. The second kappa shape index (κ2) is 9.30. The van der Waals surface area contributed by atoms with E-state index in [1.54, 1.807) is 0 Å². The molecule has 5 rings (SSSR count). The summed E-state index contributed by atoms with van der Waals surface area (Å²) in [6.45, 7) is 9.21. The van der Waals surface area contributed by atoms with Crippen LogP contribution in [0.15, 0.2) is 60.9 Å². The molecule has 0 saturated carbocycles. The van der Waals surface area contributed by atoms with Gasteiger partial charge in [0.1, 0.15) is 12.1 Å². The van der Waals surface area contributed by atoms with Crippen molar-refractivity contribution >= 4 is 27.8 Å². The molecule has 1 N–H and O–H groups in total. The summed E-state index contributed by atoms with van der Waals surface area (Å²) in [7, 11) is 0. The molecule has 0 radical (unpaired) electrons. The molecule has 2 aromatic heterocycles. The van der Waals surface area contributed by atoms with Gasteiger partial charge in [0, 0.05) is 36.5 Å². The van der Waals surface area contributed by atoms with E-state index in [0.29, 0.717) is 5.92 Å². The third-order valence-corrected chi connectivity index (χ3v) is 6.71. The Kier molecular flexibility index (Phi) is 6.22. The molecule has 5 heteroatoms. The number of aromatic amines is 1. The van der Waals surface area contributed by atoms with E-state index in [0.717, 1.165) is 31.6 Å². The summed E-state index contributed by atoms with van der Waals surface area (Å²) in [5.41, 5.74) is 4.59. The molecule has 34 heavy (non-hydrogen) atoms. The normalized spacial score (nSPS) is 17.4. The highest BCUT2D eigenvalue weighted by Crippen LogP contribution is 2.25. The van der Waals surface area contributed by atoms with Crippen LogP contribution in [0.1, 0.15) is 44.7 Å². The van der Waals surface area contributed by atoms with Crippen LogP contribution in [-0.4, -0.2) is 39.1 Å². The van der Waals surface area contributed by atoms with Crippen molar-refractivity contribution in [3.05, 3.63) is 72.1 Å². The van der Waals surface area contributed by atoms with E-state index < -0.39 is 5.60 Å². The largest absolute Gasteiger partial charge is 0.459 e. The topological polar surface area (TPSA) is 50.3 Å². The van der Waals surface area contributed by atoms with Crippen LogP contribution in [0.5, 0.6) is 0 Å². The van der Waals surface area contributed by atoms with Gasteiger partial charge < -0.3 is 14.3 Å². The van der Waals surface area contributed by atoms with Crippen LogP contribution in [0.4, 0.5) is 0 Å². The molecule has 0 spiro atoms. The number of carbonyl (C=O) groups excluding carboxylic acids is 1. The number of fused-ring (bicyclic) bond motifs is 2. The van der Waals surface area contributed by atoms with Crippen molar-refractivity contribution in [1.29, 1.82) is 0 Å². The molecule has 3 heterocycles. The maximum Gasteiger partial charge on any atom is 0.326 e. The molecule has 1 unspecified atom stereocenters. The van der Waals surface area contributed by atoms with Gasteiger partial charge in [-0.25, -0.2) is 0 Å². The van der Waals surface area contributed by atoms with Gasteiger partial charge in [-0.3, -0.25) is 9.69 Å². The van der Waals surface area contributed by atoms with Crippen molar-refractivity contribution in [1.82, 2.24) is 14.5 Å². The van der Waals surface area contributed by atoms with Crippen LogP contribution in [0, 0.1) is 5.92 Å². The zero-order chi connectivity index (χ0) is 23.7. The second-order valence-electron chi connectivity index (χ2n) is 10.8. The highest BCUT2D eigenvalue weighted by atomic mass is 16.6. The number of hydrogen-bond acceptors (Lipinski definition) is 3. The fraction of sp³-hybridized carbons (Fsp3) is 0.414. The van der Waals surface area contributed by atoms with E-state index in [9.17, 15) is 4.79 Å². The molecule has 1 fully saturated rings. The summed E-state index contributed by atoms with van der Waals surface area (Å²) in [4.78, 5) is 18.1. The Bertz CT molecular complexity index is 1290. The minimum atomic E-state index is -0.464. The number of benzene rings is 2. The number of rotatable bonds is 6. The van der Waals surface area contributed by atoms with Gasteiger partial charge in [-0.1, -0.05) is 12.1 Å². The summed E-state index contributed by atoms with van der Waals surface area (Å²) in [6.07, 6.45) is 7.69. The molecule has 1 aliphatic rings. The Balaban J connectivity index is 1.21. The smallest absolute Gasteiger partial charge is 0.326 e. The lowest BCUT2D eigenvalue weighted by atomic mass is 9.90. The molecule has 1 atom stereocenters. The van der Waals surface area contributed by atoms with E-state index in [1.807, 2.05) is 37.7 Å². The molecule has 0 aliphatic carbocycles. The van der Waals surface area contributed by atoms with Crippen molar-refractivity contribution in [2.75, 3.05) is 13.1 Å². The predicted molar refractivity (Wildman–Crippen MR) is 138 cm³/mol. The number of hydrogen-bond donors (Lipinski definition) is 1. The van der Waals surface area contributed by atoms with Gasteiger partial charge in [0.15, 0.2) is 0 Å². The Morgan fingerprint density at radius 3 is 2.74 bits per heavy atom. The van der Waals surface area contributed by atoms with Crippen molar-refractivity contribution in [2.24, 2.45) is 5.92 Å². The lowest BCUT2D eigenvalue weighted by Gasteiger charge is -2.33. The molecule has 5 nitrogen and oxygen atoms in total. The molecular formula is C29H35N3O2. The van der Waals surface area contributed by atoms with E-state index in [2.05, 4.69) is 58.4 Å². The predicted octanol–water partition coefficient (Wildman–Crippen LogP) is 5.92. The number of H-pyrrole nitrogens is 1. The summed E-state index contributed by atoms with van der Waals surface area (Å²) < 4.78 is 7.46. The first-order chi connectivity index (χ1) is 16.3. The quantitative estimate of drug-likeness (QED) is 0.366. The highest BCUT2D eigenvalue weighted by Gasteiger charge is 2.21. The number of nitrogens with one attached hydrogen (secondary N) is 1. The van der Waals surface area contributed by atoms with Crippen LogP contribution in [0.3, 0.4) is 0 Å². The van der Waals surface area contributed by atoms with Crippen LogP contribution >= 0.6 is 0 Å². The SMILES string of the molecule is CC(C)(C)OC(=O)Cn1ccc2cc(CN3CCCC(Cc4ccc5[nH]ccc5c4)C3)ccc21. The summed E-state index contributed by atoms with van der Waals surface area (Å²) in [5, 5.41) is 2.48. The minimum absolute atomic E-state index is 0.205. The fourth-order valence-electron chi connectivity index (χ4n) is 5.28. The van der Waals surface area contributed by atoms with Gasteiger partial charge in [0.05, 0.1) is 0 Å². The number of nitrogens with zero attached hydrogens (tertiary/aromatic N) is 2. The average Bonchev–Trinajstić information content (AvgIpc) is 3.39. The molecule has 1 saturated heterocycles. The minimum Gasteiger partial charge on any atom is -0.459 e. The van der Waals surface area contributed by atoms with Crippen LogP contribution in [0.25, 0.3) is 21.8 Å². The third kappa shape index (κ3) is 5.36. The molecule has 0 bridgehead atoms. The maximum absolute atomic E-state index is 12.3. The third-order valence-electron chi connectivity index (χ3n) is 6.71. The Morgan fingerprint density at radius 1 is 1.06 bits per heavy atom. The molecule has 178 valence electrons. The van der Waals surface area contributed by atoms with Gasteiger partial charge in [-0.2, -0.15) is 0 Å². The average molecular weight is 458 g/mol. The number of likely N-dealkylation sites (tertiary alicyclic amines) is 1. The number of ether oxygens (including phenoxy) is 1. The van der Waals surface area contributed by atoms with E-state index in [4.69, 9.17) is 4.74 Å². The Labute approximate surface area is 201 Å². The van der Waals surface area contributed by atoms with Crippen molar-refractivity contribution in [2.45, 2.75) is 58.7 Å². The van der Waals surface area contributed by atoms with Crippen molar-refractivity contribution < 1.29 is 9.53 Å². The zero-order valence-electron chi connectivity index (χ0n) is 20.5. The number of piperidine rings is 1. The maximum atomic E-state index is 12.3. The van der Waals surface area contributed by atoms with E-state index >= 15 is 0 Å². The van der Waals surface area contributed by atoms with Crippen LogP contribution in [-0.2, 0) is 29.0 Å². The first kappa shape index (κ1) is 22.7. The molecular weight excluding hydrogens is 422 g/mol. The second-order valence-corrected chi connectivity index (χ2v) is 10.8. The molecule has 1 aliphatic heterocycles. The van der Waals surface area contributed by atoms with Crippen LogP contribution in [0.2, 0.25) is 0 Å². The standard InChI is InChI=1S/C29H35N3O2/c1-29(2,3)34-28(33)20-32-14-11-25-17-23(7-9-27(25)32)19-31-13-4-5-22(18-31)15-21-6-8-26-24(16-21)10-12-30-26/h6-12,14,16-17,22,30H,4-5,13,15,18-20H2,1-3H3. The Hall–Kier alpha value is -3.05. The first-order valence-corrected chi connectivity index (χ1v) is 12.4. The van der Waals surface area contributed by atoms with Crippen molar-refractivity contribution in [3.8, 4) is 0 Å². The Morgan fingerprint density at radius 2 is 1.88 bits per heavy atom. The van der Waals surface area contributed by atoms with E-state index in [1.165, 1.54) is 40.3 Å². The van der Waals surface area contributed by atoms with Crippen LogP contribution < -0.4 is 0 Å². The monoisotopic (exact) mass is 457 g/mol. The van der Waals surface area contributed by atoms with Crippen molar-refractivity contribution in [3.63, 3.8) is 0 Å². The van der Waals surface area contributed by atoms with Gasteiger partial charge in [0.2, 0.25) is 0 Å². The molecule has 0 amide bonds. The van der Waals surface area contributed by atoms with Gasteiger partial charge in [-0.05, 0) is 111 Å². The summed E-state index contributed by atoms with van der Waals surface area (Å²) in [6, 6.07) is 17.7. The summed E-state index contributed by atoms with van der Waals surface area (Å²) >= 11 is 0. The first-order valence-electron chi connectivity index (χ1n) is 12.4.